The molecule has 0 radical (unpaired) electrons. The van der Waals surface area contributed by atoms with Gasteiger partial charge in [0, 0.05) is 23.7 Å². The third-order valence-corrected chi connectivity index (χ3v) is 4.90. The first kappa shape index (κ1) is 23.4. The van der Waals surface area contributed by atoms with E-state index in [2.05, 4.69) is 15.6 Å². The van der Waals surface area contributed by atoms with Crippen LogP contribution in [0.4, 0.5) is 14.6 Å². The number of alkyl halides is 2. The number of pyridine rings is 1. The van der Waals surface area contributed by atoms with E-state index in [4.69, 9.17) is 23.2 Å². The number of halogens is 4. The summed E-state index contributed by atoms with van der Waals surface area (Å²) < 4.78 is 29.7. The van der Waals surface area contributed by atoms with Gasteiger partial charge in [-0.1, -0.05) is 35.3 Å². The fourth-order valence-electron chi connectivity index (χ4n) is 2.78. The summed E-state index contributed by atoms with van der Waals surface area (Å²) in [5, 5.41) is 16.8. The molecule has 2 heterocycles. The SMILES string of the molecule is O=C(Cn1c(Cl)cnc(NCC(F)(F)c2cccc[n+]2[O-])c1=O)NCc1cccc(Cl)c1. The lowest BCUT2D eigenvalue weighted by atomic mass is 10.2. The molecule has 12 heteroatoms. The van der Waals surface area contributed by atoms with Gasteiger partial charge in [-0.15, -0.1) is 0 Å². The second kappa shape index (κ2) is 9.92. The number of hydrogen-bond donors (Lipinski definition) is 2. The molecule has 0 aliphatic rings. The largest absolute Gasteiger partial charge is 0.618 e. The number of carbonyl (C=O) groups is 1. The van der Waals surface area contributed by atoms with E-state index in [0.29, 0.717) is 5.02 Å². The van der Waals surface area contributed by atoms with Gasteiger partial charge in [-0.25, -0.2) is 4.98 Å². The monoisotopic (exact) mass is 483 g/mol. The van der Waals surface area contributed by atoms with E-state index in [0.717, 1.165) is 28.6 Å². The van der Waals surface area contributed by atoms with E-state index < -0.39 is 42.0 Å². The molecular weight excluding hydrogens is 467 g/mol. The van der Waals surface area contributed by atoms with Gasteiger partial charge in [0.1, 0.15) is 11.7 Å². The maximum Gasteiger partial charge on any atom is 0.347 e. The van der Waals surface area contributed by atoms with Gasteiger partial charge in [0.2, 0.25) is 5.91 Å². The summed E-state index contributed by atoms with van der Waals surface area (Å²) in [7, 11) is 0. The Morgan fingerprint density at radius 1 is 1.22 bits per heavy atom. The van der Waals surface area contributed by atoms with Crippen LogP contribution in [-0.2, 0) is 23.8 Å². The minimum atomic E-state index is -3.59. The zero-order valence-electron chi connectivity index (χ0n) is 16.4. The first-order chi connectivity index (χ1) is 15.2. The number of amides is 1. The number of anilines is 1. The topological polar surface area (TPSA) is 103 Å². The minimum Gasteiger partial charge on any atom is -0.618 e. The highest BCUT2D eigenvalue weighted by Crippen LogP contribution is 2.25. The number of carbonyl (C=O) groups excluding carboxylic acids is 1. The summed E-state index contributed by atoms with van der Waals surface area (Å²) in [5.41, 5.74) is -0.906. The van der Waals surface area contributed by atoms with Gasteiger partial charge in [-0.2, -0.15) is 13.5 Å². The highest BCUT2D eigenvalue weighted by atomic mass is 35.5. The zero-order valence-corrected chi connectivity index (χ0v) is 17.9. The second-order valence-corrected chi connectivity index (χ2v) is 7.52. The Labute approximate surface area is 191 Å². The number of aromatic nitrogens is 3. The lowest BCUT2D eigenvalue weighted by molar-refractivity contribution is -0.624. The van der Waals surface area contributed by atoms with Crippen molar-refractivity contribution < 1.29 is 18.3 Å². The summed E-state index contributed by atoms with van der Waals surface area (Å²) in [5.74, 6) is -4.56. The van der Waals surface area contributed by atoms with Crippen molar-refractivity contribution in [1.29, 1.82) is 0 Å². The number of nitrogens with zero attached hydrogens (tertiary/aromatic N) is 3. The molecule has 0 saturated carbocycles. The van der Waals surface area contributed by atoms with Crippen LogP contribution in [0.25, 0.3) is 0 Å². The molecule has 168 valence electrons. The van der Waals surface area contributed by atoms with Crippen LogP contribution in [0.15, 0.2) is 59.7 Å². The Morgan fingerprint density at radius 3 is 2.72 bits per heavy atom. The summed E-state index contributed by atoms with van der Waals surface area (Å²) in [6.45, 7) is -1.35. The van der Waals surface area contributed by atoms with Crippen molar-refractivity contribution in [2.24, 2.45) is 0 Å². The van der Waals surface area contributed by atoms with Crippen molar-refractivity contribution in [1.82, 2.24) is 14.9 Å². The second-order valence-electron chi connectivity index (χ2n) is 6.70. The molecule has 3 rings (SSSR count). The van der Waals surface area contributed by atoms with Crippen LogP contribution >= 0.6 is 23.2 Å². The van der Waals surface area contributed by atoms with Crippen LogP contribution in [0, 0.1) is 5.21 Å². The molecule has 32 heavy (non-hydrogen) atoms. The molecule has 2 aromatic heterocycles. The van der Waals surface area contributed by atoms with Crippen molar-refractivity contribution in [3.63, 3.8) is 0 Å². The summed E-state index contributed by atoms with van der Waals surface area (Å²) in [6.07, 6.45) is 2.00. The van der Waals surface area contributed by atoms with Crippen LogP contribution in [0.3, 0.4) is 0 Å². The fourth-order valence-corrected chi connectivity index (χ4v) is 3.18. The van der Waals surface area contributed by atoms with Crippen LogP contribution in [0.1, 0.15) is 11.3 Å². The minimum absolute atomic E-state index is 0.0412. The summed E-state index contributed by atoms with van der Waals surface area (Å²) in [4.78, 5) is 28.6. The summed E-state index contributed by atoms with van der Waals surface area (Å²) in [6, 6.07) is 10.4. The molecule has 0 unspecified atom stereocenters. The molecule has 0 aliphatic heterocycles. The van der Waals surface area contributed by atoms with E-state index in [1.165, 1.54) is 12.1 Å². The smallest absolute Gasteiger partial charge is 0.347 e. The Bertz CT molecular complexity index is 1190. The molecule has 1 amide bonds. The van der Waals surface area contributed by atoms with Crippen LogP contribution < -0.4 is 20.9 Å². The third kappa shape index (κ3) is 5.71. The Balaban J connectivity index is 1.69. The molecule has 0 fully saturated rings. The van der Waals surface area contributed by atoms with Crippen LogP contribution in [0.2, 0.25) is 10.2 Å². The number of hydrogen-bond acceptors (Lipinski definition) is 5. The molecule has 8 nitrogen and oxygen atoms in total. The number of rotatable bonds is 8. The molecule has 0 saturated heterocycles. The highest BCUT2D eigenvalue weighted by molar-refractivity contribution is 6.30. The van der Waals surface area contributed by atoms with Gasteiger partial charge in [0.05, 0.1) is 12.7 Å². The molecule has 0 bridgehead atoms. The van der Waals surface area contributed by atoms with Crippen LogP contribution in [-0.4, -0.2) is 22.0 Å². The van der Waals surface area contributed by atoms with Crippen molar-refractivity contribution >= 4 is 34.9 Å². The molecule has 2 N–H and O–H groups in total. The van der Waals surface area contributed by atoms with Gasteiger partial charge in [0.25, 0.3) is 11.3 Å². The zero-order chi connectivity index (χ0) is 23.3. The van der Waals surface area contributed by atoms with Crippen LogP contribution in [0.5, 0.6) is 0 Å². The van der Waals surface area contributed by atoms with Gasteiger partial charge >= 0.3 is 5.92 Å². The fraction of sp³-hybridized carbons (Fsp3) is 0.200. The quantitative estimate of drug-likeness (QED) is 0.378. The predicted molar refractivity (Wildman–Crippen MR) is 115 cm³/mol. The molecule has 3 aromatic rings. The lowest BCUT2D eigenvalue weighted by Crippen LogP contribution is -2.41. The highest BCUT2D eigenvalue weighted by Gasteiger charge is 2.39. The molecular formula is C20H17Cl2F2N5O3. The van der Waals surface area contributed by atoms with E-state index in [9.17, 15) is 23.6 Å². The summed E-state index contributed by atoms with van der Waals surface area (Å²) >= 11 is 11.9. The van der Waals surface area contributed by atoms with Crippen molar-refractivity contribution in [2.75, 3.05) is 11.9 Å². The van der Waals surface area contributed by atoms with Gasteiger partial charge in [0.15, 0.2) is 12.0 Å². The predicted octanol–water partition coefficient (Wildman–Crippen LogP) is 2.70. The average Bonchev–Trinajstić information content (AvgIpc) is 2.75. The van der Waals surface area contributed by atoms with E-state index in [-0.39, 0.29) is 16.4 Å². The Kier molecular flexibility index (Phi) is 7.26. The number of nitrogens with one attached hydrogen (secondary N) is 2. The van der Waals surface area contributed by atoms with E-state index >= 15 is 0 Å². The lowest BCUT2D eigenvalue weighted by Gasteiger charge is -2.17. The van der Waals surface area contributed by atoms with E-state index in [1.807, 2.05) is 0 Å². The average molecular weight is 484 g/mol. The third-order valence-electron chi connectivity index (χ3n) is 4.36. The van der Waals surface area contributed by atoms with E-state index in [1.54, 1.807) is 24.3 Å². The molecule has 0 aliphatic carbocycles. The maximum absolute atomic E-state index is 14.4. The first-order valence-electron chi connectivity index (χ1n) is 9.24. The van der Waals surface area contributed by atoms with Gasteiger partial charge < -0.3 is 15.8 Å². The Hall–Kier alpha value is -3.24. The normalized spacial score (nSPS) is 11.2. The maximum atomic E-state index is 14.4. The van der Waals surface area contributed by atoms with Gasteiger partial charge in [-0.05, 0) is 23.8 Å². The standard InChI is InChI=1S/C20H17Cl2F2N5O3/c21-14-5-3-4-13(8-14)9-25-17(30)11-28-16(22)10-26-18(19(28)31)27-12-20(23,24)15-6-1-2-7-29(15)32/h1-8,10H,9,11-12H2,(H,25,30)(H,26,27). The van der Waals surface area contributed by atoms with Crippen molar-refractivity contribution in [3.8, 4) is 0 Å². The molecule has 0 atom stereocenters. The molecule has 1 aromatic carbocycles. The first-order valence-corrected chi connectivity index (χ1v) is 10.00. The Morgan fingerprint density at radius 2 is 2.00 bits per heavy atom. The van der Waals surface area contributed by atoms with Crippen molar-refractivity contribution in [3.05, 3.63) is 91.9 Å². The van der Waals surface area contributed by atoms with Crippen molar-refractivity contribution in [2.45, 2.75) is 19.0 Å². The molecule has 0 spiro atoms. The van der Waals surface area contributed by atoms with Gasteiger partial charge in [-0.3, -0.25) is 14.2 Å². The number of benzene rings is 1.